The molecule has 0 aliphatic heterocycles. The Morgan fingerprint density at radius 2 is 2.00 bits per heavy atom. The predicted molar refractivity (Wildman–Crippen MR) is 87.0 cm³/mol. The Labute approximate surface area is 128 Å². The van der Waals surface area contributed by atoms with E-state index in [4.69, 9.17) is 17.4 Å². The van der Waals surface area contributed by atoms with Crippen molar-refractivity contribution in [1.82, 2.24) is 10.4 Å². The van der Waals surface area contributed by atoms with E-state index in [2.05, 4.69) is 28.6 Å². The second-order valence-corrected chi connectivity index (χ2v) is 5.43. The van der Waals surface area contributed by atoms with Crippen LogP contribution in [0.15, 0.2) is 60.9 Å². The van der Waals surface area contributed by atoms with Crippen molar-refractivity contribution >= 4 is 22.4 Å². The van der Waals surface area contributed by atoms with Crippen molar-refractivity contribution in [2.75, 3.05) is 0 Å². The van der Waals surface area contributed by atoms with E-state index in [-0.39, 0.29) is 6.04 Å². The minimum atomic E-state index is 0.0227. The highest BCUT2D eigenvalue weighted by Gasteiger charge is 2.13. The normalized spacial score (nSPS) is 12.5. The van der Waals surface area contributed by atoms with Crippen LogP contribution in [0.3, 0.4) is 0 Å². The lowest BCUT2D eigenvalue weighted by molar-refractivity contribution is 0.555. The number of nitrogens with two attached hydrogens (primary N) is 1. The molecule has 0 amide bonds. The summed E-state index contributed by atoms with van der Waals surface area (Å²) >= 11 is 6.05. The lowest BCUT2D eigenvalue weighted by Crippen LogP contribution is -2.29. The van der Waals surface area contributed by atoms with Crippen LogP contribution in [0.2, 0.25) is 5.02 Å². The number of rotatable bonds is 4. The predicted octanol–water partition coefficient (Wildman–Crippen LogP) is 3.64. The summed E-state index contributed by atoms with van der Waals surface area (Å²) in [6.07, 6.45) is 4.45. The summed E-state index contributed by atoms with van der Waals surface area (Å²) in [6, 6.07) is 16.1. The highest BCUT2D eigenvalue weighted by Crippen LogP contribution is 2.26. The zero-order chi connectivity index (χ0) is 14.7. The Hall–Kier alpha value is -1.94. The second-order valence-electron chi connectivity index (χ2n) is 5.00. The van der Waals surface area contributed by atoms with Crippen LogP contribution in [-0.4, -0.2) is 4.98 Å². The average molecular weight is 298 g/mol. The molecule has 1 heterocycles. The number of aromatic nitrogens is 1. The monoisotopic (exact) mass is 297 g/mol. The highest BCUT2D eigenvalue weighted by atomic mass is 35.5. The van der Waals surface area contributed by atoms with Gasteiger partial charge in [-0.15, -0.1) is 0 Å². The van der Waals surface area contributed by atoms with Crippen LogP contribution in [0.5, 0.6) is 0 Å². The first kappa shape index (κ1) is 14.0. The molecular weight excluding hydrogens is 282 g/mol. The van der Waals surface area contributed by atoms with E-state index in [1.54, 1.807) is 6.20 Å². The zero-order valence-corrected chi connectivity index (χ0v) is 12.2. The van der Waals surface area contributed by atoms with Crippen LogP contribution in [0, 0.1) is 0 Å². The van der Waals surface area contributed by atoms with Crippen molar-refractivity contribution in [3.63, 3.8) is 0 Å². The fourth-order valence-corrected chi connectivity index (χ4v) is 2.82. The molecule has 0 saturated carbocycles. The third-order valence-corrected chi connectivity index (χ3v) is 3.86. The van der Waals surface area contributed by atoms with E-state index in [1.165, 1.54) is 0 Å². The summed E-state index contributed by atoms with van der Waals surface area (Å²) in [6.45, 7) is 0. The number of hydrogen-bond donors (Lipinski definition) is 2. The zero-order valence-electron chi connectivity index (χ0n) is 11.5. The van der Waals surface area contributed by atoms with E-state index < -0.39 is 0 Å². The summed E-state index contributed by atoms with van der Waals surface area (Å²) in [5.74, 6) is 5.78. The number of pyridine rings is 1. The fourth-order valence-electron chi connectivity index (χ4n) is 2.61. The van der Waals surface area contributed by atoms with E-state index in [0.29, 0.717) is 0 Å². The smallest absolute Gasteiger partial charge is 0.0506 e. The van der Waals surface area contributed by atoms with Gasteiger partial charge in [0.25, 0.3) is 0 Å². The largest absolute Gasteiger partial charge is 0.271 e. The van der Waals surface area contributed by atoms with Gasteiger partial charge in [-0.1, -0.05) is 41.9 Å². The van der Waals surface area contributed by atoms with Gasteiger partial charge in [0.1, 0.15) is 0 Å². The van der Waals surface area contributed by atoms with Gasteiger partial charge >= 0.3 is 0 Å². The first-order valence-corrected chi connectivity index (χ1v) is 7.19. The molecule has 3 aromatic rings. The SMILES string of the molecule is NNC(Cc1cccc(Cl)c1)c1cccc2cnccc12. The molecule has 0 bridgehead atoms. The maximum absolute atomic E-state index is 6.05. The summed E-state index contributed by atoms with van der Waals surface area (Å²) < 4.78 is 0. The Morgan fingerprint density at radius 3 is 2.81 bits per heavy atom. The van der Waals surface area contributed by atoms with Crippen molar-refractivity contribution < 1.29 is 0 Å². The Bertz CT molecular complexity index is 752. The van der Waals surface area contributed by atoms with Crippen LogP contribution in [0.4, 0.5) is 0 Å². The van der Waals surface area contributed by atoms with Crippen molar-refractivity contribution in [1.29, 1.82) is 0 Å². The number of nitrogens with one attached hydrogen (secondary N) is 1. The molecule has 106 valence electrons. The standard InChI is InChI=1S/C17H16ClN3/c18-14-5-1-3-12(9-14)10-17(21-19)16-6-2-4-13-11-20-8-7-15(13)16/h1-9,11,17,21H,10,19H2. The van der Waals surface area contributed by atoms with Crippen molar-refractivity contribution in [2.45, 2.75) is 12.5 Å². The Balaban J connectivity index is 1.98. The topological polar surface area (TPSA) is 50.9 Å². The lowest BCUT2D eigenvalue weighted by atomic mass is 9.95. The van der Waals surface area contributed by atoms with Gasteiger partial charge in [-0.3, -0.25) is 16.3 Å². The average Bonchev–Trinajstić information content (AvgIpc) is 2.52. The first-order valence-electron chi connectivity index (χ1n) is 6.81. The van der Waals surface area contributed by atoms with Gasteiger partial charge in [0.05, 0.1) is 6.04 Å². The summed E-state index contributed by atoms with van der Waals surface area (Å²) in [5, 5.41) is 3.02. The molecule has 3 N–H and O–H groups in total. The molecule has 1 unspecified atom stereocenters. The van der Waals surface area contributed by atoms with Crippen LogP contribution < -0.4 is 11.3 Å². The minimum absolute atomic E-state index is 0.0227. The Kier molecular flexibility index (Phi) is 4.15. The molecule has 1 atom stereocenters. The third-order valence-electron chi connectivity index (χ3n) is 3.62. The molecule has 21 heavy (non-hydrogen) atoms. The van der Waals surface area contributed by atoms with Gasteiger partial charge < -0.3 is 0 Å². The van der Waals surface area contributed by atoms with Gasteiger partial charge in [0, 0.05) is 22.8 Å². The van der Waals surface area contributed by atoms with Crippen molar-refractivity contribution in [2.24, 2.45) is 5.84 Å². The molecule has 3 nitrogen and oxygen atoms in total. The second kappa shape index (κ2) is 6.22. The summed E-state index contributed by atoms with van der Waals surface area (Å²) in [5.41, 5.74) is 5.23. The van der Waals surface area contributed by atoms with E-state index >= 15 is 0 Å². The first-order chi connectivity index (χ1) is 10.3. The number of fused-ring (bicyclic) bond motifs is 1. The number of hydrogen-bond acceptors (Lipinski definition) is 3. The molecule has 3 rings (SSSR count). The molecule has 1 aromatic heterocycles. The quantitative estimate of drug-likeness (QED) is 0.571. The Morgan fingerprint density at radius 1 is 1.14 bits per heavy atom. The van der Waals surface area contributed by atoms with Gasteiger partial charge in [0.2, 0.25) is 0 Å². The van der Waals surface area contributed by atoms with Crippen LogP contribution in [0.1, 0.15) is 17.2 Å². The highest BCUT2D eigenvalue weighted by molar-refractivity contribution is 6.30. The van der Waals surface area contributed by atoms with E-state index in [1.807, 2.05) is 36.5 Å². The number of halogens is 1. The van der Waals surface area contributed by atoms with Gasteiger partial charge in [-0.2, -0.15) is 0 Å². The minimum Gasteiger partial charge on any atom is -0.271 e. The van der Waals surface area contributed by atoms with E-state index in [0.717, 1.165) is 33.3 Å². The number of benzene rings is 2. The van der Waals surface area contributed by atoms with Crippen molar-refractivity contribution in [3.05, 3.63) is 77.1 Å². The molecule has 2 aromatic carbocycles. The molecule has 0 spiro atoms. The number of hydrazine groups is 1. The molecular formula is C17H16ClN3. The summed E-state index contributed by atoms with van der Waals surface area (Å²) in [4.78, 5) is 4.17. The molecule has 0 aliphatic carbocycles. The van der Waals surface area contributed by atoms with Crippen LogP contribution in [-0.2, 0) is 6.42 Å². The maximum atomic E-state index is 6.05. The van der Waals surface area contributed by atoms with E-state index in [9.17, 15) is 0 Å². The van der Waals surface area contributed by atoms with Crippen LogP contribution >= 0.6 is 11.6 Å². The fraction of sp³-hybridized carbons (Fsp3) is 0.118. The number of nitrogens with zero attached hydrogens (tertiary/aromatic N) is 1. The van der Waals surface area contributed by atoms with Crippen LogP contribution in [0.25, 0.3) is 10.8 Å². The maximum Gasteiger partial charge on any atom is 0.0506 e. The molecule has 0 fully saturated rings. The summed E-state index contributed by atoms with van der Waals surface area (Å²) in [7, 11) is 0. The van der Waals surface area contributed by atoms with Gasteiger partial charge in [0.15, 0.2) is 0 Å². The molecule has 0 aliphatic rings. The molecule has 0 saturated heterocycles. The van der Waals surface area contributed by atoms with Gasteiger partial charge in [-0.05, 0) is 41.1 Å². The molecule has 0 radical (unpaired) electrons. The third kappa shape index (κ3) is 3.05. The lowest BCUT2D eigenvalue weighted by Gasteiger charge is -2.18. The molecule has 4 heteroatoms. The van der Waals surface area contributed by atoms with Crippen molar-refractivity contribution in [3.8, 4) is 0 Å². The van der Waals surface area contributed by atoms with Gasteiger partial charge in [-0.25, -0.2) is 0 Å².